The summed E-state index contributed by atoms with van der Waals surface area (Å²) < 4.78 is 0. The molecule has 0 radical (unpaired) electrons. The lowest BCUT2D eigenvalue weighted by atomic mass is 9.43. The van der Waals surface area contributed by atoms with Gasteiger partial charge in [-0.05, 0) is 111 Å². The van der Waals surface area contributed by atoms with Crippen molar-refractivity contribution in [2.24, 2.45) is 46.3 Å². The highest BCUT2D eigenvalue weighted by atomic mass is 31.0. The normalized spacial score (nSPS) is 37.3. The van der Waals surface area contributed by atoms with Gasteiger partial charge in [-0.15, -0.1) is 0 Å². The molecule has 0 aliphatic heterocycles. The third kappa shape index (κ3) is 8.09. The maximum absolute atomic E-state index is 12.2. The number of nitrogens with one attached hydrogen (secondary N) is 3. The van der Waals surface area contributed by atoms with Gasteiger partial charge < -0.3 is 5.32 Å². The van der Waals surface area contributed by atoms with E-state index in [0.717, 1.165) is 32.1 Å². The lowest BCUT2D eigenvalue weighted by Crippen LogP contribution is -2.60. The molecule has 0 heterocycles. The number of hydrogen-bond acceptors (Lipinski definition) is 7. The number of carbonyl (C=O) groups excluding carboxylic acids is 3. The van der Waals surface area contributed by atoms with Crippen molar-refractivity contribution in [3.8, 4) is 0 Å². The van der Waals surface area contributed by atoms with E-state index in [4.69, 9.17) is 9.68 Å². The Bertz CT molecular complexity index is 951. The number of fused-ring (bicyclic) bond motifs is 5. The second-order valence-electron chi connectivity index (χ2n) is 14.5. The third-order valence-electron chi connectivity index (χ3n) is 12.4. The fourth-order valence-electron chi connectivity index (χ4n) is 9.93. The fraction of sp³-hybridized carbons (Fsp3) is 0.912. The van der Waals surface area contributed by atoms with E-state index in [-0.39, 0.29) is 63.5 Å². The van der Waals surface area contributed by atoms with Crippen LogP contribution in [0.15, 0.2) is 0 Å². The Hall–Kier alpha value is -0.920. The van der Waals surface area contributed by atoms with E-state index in [0.29, 0.717) is 61.3 Å². The quantitative estimate of drug-likeness (QED) is 0.161. The van der Waals surface area contributed by atoms with E-state index in [1.165, 1.54) is 25.7 Å². The predicted octanol–water partition coefficient (Wildman–Crippen LogP) is 5.60. The molecule has 0 spiro atoms. The van der Waals surface area contributed by atoms with E-state index in [1.54, 1.807) is 0 Å². The lowest BCUT2D eigenvalue weighted by Gasteiger charge is -2.63. The molecular weight excluding hydrogens is 561 g/mol. The standard InChI is InChI=1S/C34H59N3O5.H3P/c1-7-24(38)20-36-41-26-14-16-33(5)23(18-26)19-30(42-37-21-25(39)8-2)32-28-12-11-27(34(28,6)17-15-29(32)33)22(4)10-13-31(40)35-9-3;/h22-23,26-30,32,36-37H,7-21H2,1-6H3,(H,35,40);1H3/t22-,23-,26+,27?,28?,29?,30+,32?,33-,34+;/m0./s1. The summed E-state index contributed by atoms with van der Waals surface area (Å²) in [7, 11) is 0. The molecule has 248 valence electrons. The molecule has 4 rings (SSSR count). The maximum atomic E-state index is 12.2. The largest absolute Gasteiger partial charge is 0.356 e. The molecule has 0 aromatic carbocycles. The second-order valence-corrected chi connectivity index (χ2v) is 14.5. The van der Waals surface area contributed by atoms with Crippen LogP contribution in [0.25, 0.3) is 0 Å². The van der Waals surface area contributed by atoms with Gasteiger partial charge in [-0.3, -0.25) is 24.1 Å². The fourth-order valence-corrected chi connectivity index (χ4v) is 9.93. The van der Waals surface area contributed by atoms with Gasteiger partial charge in [-0.1, -0.05) is 34.6 Å². The minimum atomic E-state index is 0. The van der Waals surface area contributed by atoms with Crippen LogP contribution in [-0.4, -0.2) is 49.3 Å². The van der Waals surface area contributed by atoms with Gasteiger partial charge in [-0.2, -0.15) is 20.9 Å². The zero-order valence-corrected chi connectivity index (χ0v) is 29.4. The lowest BCUT2D eigenvalue weighted by molar-refractivity contribution is -0.210. The number of ketones is 2. The molecule has 0 aromatic heterocycles. The van der Waals surface area contributed by atoms with Crippen molar-refractivity contribution in [2.45, 2.75) is 131 Å². The summed E-state index contributed by atoms with van der Waals surface area (Å²) in [5.41, 5.74) is 6.56. The van der Waals surface area contributed by atoms with E-state index in [9.17, 15) is 14.4 Å². The van der Waals surface area contributed by atoms with Crippen molar-refractivity contribution in [2.75, 3.05) is 19.6 Å². The average molecular weight is 624 g/mol. The number of hydroxylamine groups is 2. The summed E-state index contributed by atoms with van der Waals surface area (Å²) in [6, 6.07) is 0. The summed E-state index contributed by atoms with van der Waals surface area (Å²) in [5.74, 6) is 3.77. The van der Waals surface area contributed by atoms with Crippen molar-refractivity contribution in [3.63, 3.8) is 0 Å². The van der Waals surface area contributed by atoms with Gasteiger partial charge in [0.25, 0.3) is 0 Å². The summed E-state index contributed by atoms with van der Waals surface area (Å²) >= 11 is 0. The Labute approximate surface area is 264 Å². The van der Waals surface area contributed by atoms with Crippen molar-refractivity contribution >= 4 is 27.4 Å². The van der Waals surface area contributed by atoms with Crippen molar-refractivity contribution in [1.29, 1.82) is 0 Å². The number of amides is 1. The number of rotatable bonds is 15. The highest BCUT2D eigenvalue weighted by Crippen LogP contribution is 2.68. The molecular formula is C34H62N3O5P. The molecule has 3 N–H and O–H groups in total. The first kappa shape index (κ1) is 36.5. The van der Waals surface area contributed by atoms with Crippen LogP contribution in [0.1, 0.15) is 119 Å². The van der Waals surface area contributed by atoms with Crippen LogP contribution in [0, 0.1) is 46.3 Å². The summed E-state index contributed by atoms with van der Waals surface area (Å²) in [5, 5.41) is 2.97. The van der Waals surface area contributed by atoms with Gasteiger partial charge in [0.2, 0.25) is 5.91 Å². The summed E-state index contributed by atoms with van der Waals surface area (Å²) in [4.78, 5) is 48.7. The molecule has 4 fully saturated rings. The first-order valence-corrected chi connectivity index (χ1v) is 17.1. The van der Waals surface area contributed by atoms with E-state index in [1.807, 2.05) is 20.8 Å². The van der Waals surface area contributed by atoms with Crippen LogP contribution in [0.2, 0.25) is 0 Å². The Morgan fingerprint density at radius 3 is 2.12 bits per heavy atom. The van der Waals surface area contributed by atoms with Gasteiger partial charge in [0, 0.05) is 25.8 Å². The Morgan fingerprint density at radius 2 is 1.47 bits per heavy atom. The van der Waals surface area contributed by atoms with E-state index >= 15 is 0 Å². The Balaban J connectivity index is 0.00000506. The molecule has 0 aromatic rings. The molecule has 1 amide bonds. The smallest absolute Gasteiger partial charge is 0.219 e. The predicted molar refractivity (Wildman–Crippen MR) is 175 cm³/mol. The highest BCUT2D eigenvalue weighted by Gasteiger charge is 2.63. The first-order chi connectivity index (χ1) is 20.1. The minimum absolute atomic E-state index is 0. The van der Waals surface area contributed by atoms with Crippen LogP contribution in [0.3, 0.4) is 0 Å². The topological polar surface area (TPSA) is 106 Å². The van der Waals surface area contributed by atoms with Crippen molar-refractivity contribution in [1.82, 2.24) is 16.3 Å². The SMILES string of the molecule is CCNC(=O)CC[C@H](C)C1CCC2C3C(CC[C@@]21C)[C@@]1(C)CC[C@@H](ONCC(=O)CC)C[C@H]1C[C@H]3ONCC(=O)CC.P. The van der Waals surface area contributed by atoms with Crippen LogP contribution in [-0.2, 0) is 24.1 Å². The van der Waals surface area contributed by atoms with E-state index < -0.39 is 0 Å². The monoisotopic (exact) mass is 623 g/mol. The molecule has 43 heavy (non-hydrogen) atoms. The van der Waals surface area contributed by atoms with Gasteiger partial charge in [0.1, 0.15) is 11.6 Å². The zero-order chi connectivity index (χ0) is 30.5. The number of Topliss-reactive ketones (excluding diaryl/α,β-unsaturated/α-hetero) is 2. The Morgan fingerprint density at radius 1 is 0.837 bits per heavy atom. The van der Waals surface area contributed by atoms with Crippen LogP contribution >= 0.6 is 9.90 Å². The third-order valence-corrected chi connectivity index (χ3v) is 12.4. The number of carbonyl (C=O) groups is 3. The molecule has 4 saturated carbocycles. The minimum Gasteiger partial charge on any atom is -0.356 e. The Kier molecular flexibility index (Phi) is 13.7. The number of hydrogen-bond donors (Lipinski definition) is 3. The molecule has 9 heteroatoms. The maximum Gasteiger partial charge on any atom is 0.219 e. The van der Waals surface area contributed by atoms with Crippen LogP contribution < -0.4 is 16.3 Å². The highest BCUT2D eigenvalue weighted by molar-refractivity contribution is 6.92. The van der Waals surface area contributed by atoms with Crippen LogP contribution in [0.5, 0.6) is 0 Å². The molecule has 0 bridgehead atoms. The van der Waals surface area contributed by atoms with Gasteiger partial charge in [0.15, 0.2) is 0 Å². The van der Waals surface area contributed by atoms with Gasteiger partial charge in [0.05, 0.1) is 25.3 Å². The summed E-state index contributed by atoms with van der Waals surface area (Å²) in [6.07, 6.45) is 11.8. The molecule has 4 aliphatic rings. The molecule has 0 saturated heterocycles. The molecule has 11 atom stereocenters. The zero-order valence-electron chi connectivity index (χ0n) is 28.0. The second kappa shape index (κ2) is 16.1. The summed E-state index contributed by atoms with van der Waals surface area (Å²) in [6.45, 7) is 14.4. The molecule has 8 nitrogen and oxygen atoms in total. The van der Waals surface area contributed by atoms with Crippen LogP contribution in [0.4, 0.5) is 0 Å². The molecule has 5 unspecified atom stereocenters. The van der Waals surface area contributed by atoms with Gasteiger partial charge >= 0.3 is 0 Å². The van der Waals surface area contributed by atoms with Gasteiger partial charge in [-0.25, -0.2) is 0 Å². The average Bonchev–Trinajstić information content (AvgIpc) is 3.33. The molecule has 4 aliphatic carbocycles. The first-order valence-electron chi connectivity index (χ1n) is 17.1. The van der Waals surface area contributed by atoms with E-state index in [2.05, 4.69) is 37.0 Å². The van der Waals surface area contributed by atoms with Crippen molar-refractivity contribution in [3.05, 3.63) is 0 Å². The van der Waals surface area contributed by atoms with Crippen molar-refractivity contribution < 1.29 is 24.1 Å².